The lowest BCUT2D eigenvalue weighted by Gasteiger charge is -2.22. The van der Waals surface area contributed by atoms with Crippen LogP contribution in [-0.2, 0) is 6.42 Å². The number of nitrogens with two attached hydrogens (primary N) is 1. The zero-order chi connectivity index (χ0) is 10.4. The van der Waals surface area contributed by atoms with Crippen LogP contribution in [0.5, 0.6) is 0 Å². The predicted octanol–water partition coefficient (Wildman–Crippen LogP) is 2.09. The van der Waals surface area contributed by atoms with Crippen molar-refractivity contribution in [1.82, 2.24) is 4.98 Å². The third kappa shape index (κ3) is 3.07. The van der Waals surface area contributed by atoms with E-state index < -0.39 is 5.67 Å². The van der Waals surface area contributed by atoms with Crippen LogP contribution in [0.2, 0.25) is 0 Å². The van der Waals surface area contributed by atoms with Gasteiger partial charge in [0.2, 0.25) is 0 Å². The Morgan fingerprint density at radius 3 is 2.79 bits per heavy atom. The first-order valence-corrected chi connectivity index (χ1v) is 4.99. The second-order valence-electron chi connectivity index (χ2n) is 3.60. The van der Waals surface area contributed by atoms with E-state index in [0.29, 0.717) is 12.8 Å². The summed E-state index contributed by atoms with van der Waals surface area (Å²) in [5.41, 5.74) is 4.92. The molecule has 0 saturated carbocycles. The van der Waals surface area contributed by atoms with E-state index >= 15 is 0 Å². The van der Waals surface area contributed by atoms with Crippen molar-refractivity contribution in [3.8, 4) is 0 Å². The Morgan fingerprint density at radius 2 is 2.29 bits per heavy atom. The highest BCUT2D eigenvalue weighted by molar-refractivity contribution is 5.07. The number of hydrogen-bond acceptors (Lipinski definition) is 2. The van der Waals surface area contributed by atoms with E-state index in [2.05, 4.69) is 4.98 Å². The van der Waals surface area contributed by atoms with E-state index in [1.807, 2.05) is 25.1 Å². The van der Waals surface area contributed by atoms with Crippen LogP contribution >= 0.6 is 0 Å². The highest BCUT2D eigenvalue weighted by Gasteiger charge is 2.27. The van der Waals surface area contributed by atoms with Crippen LogP contribution < -0.4 is 5.73 Å². The standard InChI is InChI=1S/C11H17FN2/c1-2-6-11(12,9-13)8-10-5-3-4-7-14-10/h3-5,7H,2,6,8-9,13H2,1H3. The molecule has 0 radical (unpaired) electrons. The molecular weight excluding hydrogens is 179 g/mol. The van der Waals surface area contributed by atoms with Crippen molar-refractivity contribution in [2.75, 3.05) is 6.54 Å². The normalized spacial score (nSPS) is 15.1. The molecule has 1 rings (SSSR count). The molecule has 1 atom stereocenters. The largest absolute Gasteiger partial charge is 0.328 e. The van der Waals surface area contributed by atoms with Gasteiger partial charge in [0.05, 0.1) is 0 Å². The highest BCUT2D eigenvalue weighted by Crippen LogP contribution is 2.21. The van der Waals surface area contributed by atoms with Gasteiger partial charge < -0.3 is 5.73 Å². The Morgan fingerprint density at radius 1 is 1.50 bits per heavy atom. The van der Waals surface area contributed by atoms with E-state index in [1.165, 1.54) is 0 Å². The van der Waals surface area contributed by atoms with Gasteiger partial charge in [-0.2, -0.15) is 0 Å². The molecular formula is C11H17FN2. The van der Waals surface area contributed by atoms with Gasteiger partial charge in [-0.3, -0.25) is 4.98 Å². The summed E-state index contributed by atoms with van der Waals surface area (Å²) in [6.45, 7) is 2.03. The zero-order valence-electron chi connectivity index (χ0n) is 8.54. The van der Waals surface area contributed by atoms with Crippen LogP contribution in [-0.4, -0.2) is 17.2 Å². The van der Waals surface area contributed by atoms with Gasteiger partial charge in [-0.15, -0.1) is 0 Å². The summed E-state index contributed by atoms with van der Waals surface area (Å²) in [6, 6.07) is 5.52. The van der Waals surface area contributed by atoms with Crippen LogP contribution in [0.15, 0.2) is 24.4 Å². The molecule has 2 N–H and O–H groups in total. The second-order valence-corrected chi connectivity index (χ2v) is 3.60. The summed E-state index contributed by atoms with van der Waals surface area (Å²) < 4.78 is 14.0. The minimum atomic E-state index is -1.29. The van der Waals surface area contributed by atoms with Gasteiger partial charge in [0.15, 0.2) is 0 Å². The number of hydrogen-bond donors (Lipinski definition) is 1. The molecule has 1 aromatic heterocycles. The molecule has 1 aromatic rings. The zero-order valence-corrected chi connectivity index (χ0v) is 8.54. The first-order valence-electron chi connectivity index (χ1n) is 4.99. The maximum absolute atomic E-state index is 14.0. The Labute approximate surface area is 84.3 Å². The Balaban J connectivity index is 2.65. The van der Waals surface area contributed by atoms with Crippen molar-refractivity contribution in [3.05, 3.63) is 30.1 Å². The van der Waals surface area contributed by atoms with Gasteiger partial charge in [0, 0.05) is 24.9 Å². The lowest BCUT2D eigenvalue weighted by molar-refractivity contribution is 0.157. The third-order valence-electron chi connectivity index (χ3n) is 2.29. The van der Waals surface area contributed by atoms with E-state index in [9.17, 15) is 4.39 Å². The smallest absolute Gasteiger partial charge is 0.128 e. The van der Waals surface area contributed by atoms with E-state index in [4.69, 9.17) is 5.73 Å². The van der Waals surface area contributed by atoms with Crippen LogP contribution in [0.1, 0.15) is 25.5 Å². The molecule has 1 heterocycles. The van der Waals surface area contributed by atoms with Crippen molar-refractivity contribution in [1.29, 1.82) is 0 Å². The number of aromatic nitrogens is 1. The lowest BCUT2D eigenvalue weighted by atomic mass is 9.94. The Bertz CT molecular complexity index is 263. The summed E-state index contributed by atoms with van der Waals surface area (Å²) in [4.78, 5) is 4.10. The van der Waals surface area contributed by atoms with Crippen LogP contribution in [0.25, 0.3) is 0 Å². The summed E-state index contributed by atoms with van der Waals surface area (Å²) in [6.07, 6.45) is 3.30. The van der Waals surface area contributed by atoms with Gasteiger partial charge in [-0.05, 0) is 18.6 Å². The molecule has 0 bridgehead atoms. The Hall–Kier alpha value is -0.960. The predicted molar refractivity (Wildman–Crippen MR) is 55.7 cm³/mol. The summed E-state index contributed by atoms with van der Waals surface area (Å²) in [5, 5.41) is 0. The molecule has 78 valence electrons. The molecule has 0 aliphatic rings. The molecule has 0 spiro atoms. The molecule has 0 aliphatic heterocycles. The monoisotopic (exact) mass is 196 g/mol. The van der Waals surface area contributed by atoms with Gasteiger partial charge in [0.1, 0.15) is 5.67 Å². The topological polar surface area (TPSA) is 38.9 Å². The van der Waals surface area contributed by atoms with Crippen molar-refractivity contribution in [2.24, 2.45) is 5.73 Å². The van der Waals surface area contributed by atoms with Crippen molar-refractivity contribution in [2.45, 2.75) is 31.9 Å². The fourth-order valence-electron chi connectivity index (χ4n) is 1.54. The molecule has 1 unspecified atom stereocenters. The van der Waals surface area contributed by atoms with Crippen molar-refractivity contribution in [3.63, 3.8) is 0 Å². The number of alkyl halides is 1. The van der Waals surface area contributed by atoms with E-state index in [-0.39, 0.29) is 6.54 Å². The van der Waals surface area contributed by atoms with Gasteiger partial charge >= 0.3 is 0 Å². The summed E-state index contributed by atoms with van der Waals surface area (Å²) >= 11 is 0. The molecule has 14 heavy (non-hydrogen) atoms. The number of halogens is 1. The molecule has 0 aromatic carbocycles. The van der Waals surface area contributed by atoms with Crippen LogP contribution in [0, 0.1) is 0 Å². The van der Waals surface area contributed by atoms with Crippen molar-refractivity contribution >= 4 is 0 Å². The van der Waals surface area contributed by atoms with E-state index in [0.717, 1.165) is 12.1 Å². The quantitative estimate of drug-likeness (QED) is 0.783. The minimum absolute atomic E-state index is 0.0669. The first-order chi connectivity index (χ1) is 6.70. The number of pyridine rings is 1. The first kappa shape index (κ1) is 11.1. The molecule has 0 amide bonds. The average Bonchev–Trinajstić information content (AvgIpc) is 2.20. The summed E-state index contributed by atoms with van der Waals surface area (Å²) in [5.74, 6) is 0. The summed E-state index contributed by atoms with van der Waals surface area (Å²) in [7, 11) is 0. The maximum atomic E-state index is 14.0. The molecule has 2 nitrogen and oxygen atoms in total. The lowest BCUT2D eigenvalue weighted by Crippen LogP contribution is -2.35. The van der Waals surface area contributed by atoms with E-state index in [1.54, 1.807) is 6.20 Å². The second kappa shape index (κ2) is 5.05. The SMILES string of the molecule is CCCC(F)(CN)Cc1ccccn1. The fourth-order valence-corrected chi connectivity index (χ4v) is 1.54. The number of rotatable bonds is 5. The van der Waals surface area contributed by atoms with Crippen LogP contribution in [0.4, 0.5) is 4.39 Å². The maximum Gasteiger partial charge on any atom is 0.128 e. The highest BCUT2D eigenvalue weighted by atomic mass is 19.1. The minimum Gasteiger partial charge on any atom is -0.328 e. The molecule has 0 fully saturated rings. The van der Waals surface area contributed by atoms with Crippen molar-refractivity contribution < 1.29 is 4.39 Å². The Kier molecular flexibility index (Phi) is 4.01. The van der Waals surface area contributed by atoms with Crippen LogP contribution in [0.3, 0.4) is 0 Å². The number of nitrogens with zero attached hydrogens (tertiary/aromatic N) is 1. The van der Waals surface area contributed by atoms with Gasteiger partial charge in [-0.25, -0.2) is 4.39 Å². The van der Waals surface area contributed by atoms with Gasteiger partial charge in [0.25, 0.3) is 0 Å². The molecule has 0 aliphatic carbocycles. The molecule has 0 saturated heterocycles. The average molecular weight is 196 g/mol. The molecule has 3 heteroatoms. The fraction of sp³-hybridized carbons (Fsp3) is 0.545. The van der Waals surface area contributed by atoms with Gasteiger partial charge in [-0.1, -0.05) is 19.4 Å². The third-order valence-corrected chi connectivity index (χ3v) is 2.29.